The number of rotatable bonds is 14. The molecule has 6 atom stereocenters. The Morgan fingerprint density at radius 3 is 2.14 bits per heavy atom. The Labute approximate surface area is 243 Å². The summed E-state index contributed by atoms with van der Waals surface area (Å²) in [4.78, 5) is 54.9. The number of fused-ring (bicyclic) bond motifs is 1. The van der Waals surface area contributed by atoms with E-state index in [9.17, 15) is 34.5 Å². The summed E-state index contributed by atoms with van der Waals surface area (Å²) < 4.78 is 0. The van der Waals surface area contributed by atoms with Gasteiger partial charge in [0.2, 0.25) is 17.7 Å². The van der Waals surface area contributed by atoms with Crippen molar-refractivity contribution in [3.8, 4) is 5.75 Å². The molecule has 3 rings (SSSR count). The summed E-state index contributed by atoms with van der Waals surface area (Å²) in [6.45, 7) is 4.94. The number of hydrogen-bond donors (Lipinski definition) is 8. The van der Waals surface area contributed by atoms with E-state index in [1.54, 1.807) is 25.3 Å². The lowest BCUT2D eigenvalue weighted by molar-refractivity contribution is -0.142. The Hall–Kier alpha value is -4.42. The quantitative estimate of drug-likeness (QED) is 0.137. The van der Waals surface area contributed by atoms with Gasteiger partial charge in [0.15, 0.2) is 0 Å². The lowest BCUT2D eigenvalue weighted by Gasteiger charge is -2.28. The molecular weight excluding hydrogens is 542 g/mol. The van der Waals surface area contributed by atoms with Crippen LogP contribution >= 0.6 is 0 Å². The first-order chi connectivity index (χ1) is 19.9. The molecule has 0 bridgehead atoms. The van der Waals surface area contributed by atoms with Crippen LogP contribution in [0.15, 0.2) is 54.7 Å². The van der Waals surface area contributed by atoms with Crippen LogP contribution in [0.2, 0.25) is 0 Å². The second-order valence-corrected chi connectivity index (χ2v) is 10.5. The average Bonchev–Trinajstić information content (AvgIpc) is 3.37. The molecular formula is C30H39N5O7. The summed E-state index contributed by atoms with van der Waals surface area (Å²) in [5.74, 6) is -3.73. The molecule has 0 radical (unpaired) electrons. The van der Waals surface area contributed by atoms with Gasteiger partial charge in [-0.25, -0.2) is 4.79 Å². The van der Waals surface area contributed by atoms with E-state index in [1.165, 1.54) is 19.1 Å². The molecule has 226 valence electrons. The van der Waals surface area contributed by atoms with Crippen molar-refractivity contribution < 1.29 is 34.5 Å². The maximum atomic E-state index is 13.7. The predicted molar refractivity (Wildman–Crippen MR) is 156 cm³/mol. The van der Waals surface area contributed by atoms with Gasteiger partial charge < -0.3 is 42.0 Å². The van der Waals surface area contributed by atoms with Gasteiger partial charge in [-0.05, 0) is 42.2 Å². The maximum Gasteiger partial charge on any atom is 0.326 e. The smallest absolute Gasteiger partial charge is 0.326 e. The minimum atomic E-state index is -1.30. The highest BCUT2D eigenvalue weighted by atomic mass is 16.4. The second-order valence-electron chi connectivity index (χ2n) is 10.5. The third-order valence-electron chi connectivity index (χ3n) is 7.34. The molecule has 1 heterocycles. The van der Waals surface area contributed by atoms with Crippen molar-refractivity contribution in [3.63, 3.8) is 0 Å². The molecule has 0 aliphatic heterocycles. The minimum absolute atomic E-state index is 0.0258. The molecule has 9 N–H and O–H groups in total. The third-order valence-corrected chi connectivity index (χ3v) is 7.34. The Morgan fingerprint density at radius 1 is 0.881 bits per heavy atom. The van der Waals surface area contributed by atoms with E-state index < -0.39 is 54.0 Å². The molecule has 0 aliphatic rings. The molecule has 12 heteroatoms. The molecule has 42 heavy (non-hydrogen) atoms. The summed E-state index contributed by atoms with van der Waals surface area (Å²) in [5.41, 5.74) is 7.97. The van der Waals surface area contributed by atoms with Crippen LogP contribution in [0, 0.1) is 5.92 Å². The minimum Gasteiger partial charge on any atom is -0.508 e. The van der Waals surface area contributed by atoms with E-state index in [1.807, 2.05) is 31.2 Å². The maximum absolute atomic E-state index is 13.7. The van der Waals surface area contributed by atoms with Crippen molar-refractivity contribution in [1.29, 1.82) is 0 Å². The van der Waals surface area contributed by atoms with Crippen LogP contribution in [-0.2, 0) is 32.0 Å². The van der Waals surface area contributed by atoms with Crippen LogP contribution in [-0.4, -0.2) is 74.3 Å². The number of aromatic nitrogens is 1. The second kappa shape index (κ2) is 14.5. The first-order valence-electron chi connectivity index (χ1n) is 13.8. The van der Waals surface area contributed by atoms with Gasteiger partial charge in [0.25, 0.3) is 0 Å². The number of aliphatic hydroxyl groups is 1. The number of carboxylic acids is 1. The monoisotopic (exact) mass is 581 g/mol. The van der Waals surface area contributed by atoms with Crippen LogP contribution < -0.4 is 21.7 Å². The number of carbonyl (C=O) groups excluding carboxylic acids is 3. The van der Waals surface area contributed by atoms with Gasteiger partial charge in [0, 0.05) is 29.9 Å². The fourth-order valence-electron chi connectivity index (χ4n) is 4.50. The number of aliphatic hydroxyl groups excluding tert-OH is 1. The number of aromatic hydroxyl groups is 1. The Kier molecular flexibility index (Phi) is 11.1. The van der Waals surface area contributed by atoms with E-state index in [0.717, 1.165) is 16.5 Å². The molecule has 0 fully saturated rings. The lowest BCUT2D eigenvalue weighted by Crippen LogP contribution is -2.60. The third kappa shape index (κ3) is 8.30. The van der Waals surface area contributed by atoms with Crippen molar-refractivity contribution >= 4 is 34.6 Å². The molecule has 0 spiro atoms. The van der Waals surface area contributed by atoms with E-state index in [-0.39, 0.29) is 24.5 Å². The zero-order valence-corrected chi connectivity index (χ0v) is 23.8. The van der Waals surface area contributed by atoms with Gasteiger partial charge >= 0.3 is 5.97 Å². The largest absolute Gasteiger partial charge is 0.508 e. The Bertz CT molecular complexity index is 1390. The number of H-pyrrole nitrogens is 1. The van der Waals surface area contributed by atoms with Crippen molar-refractivity contribution in [2.75, 3.05) is 0 Å². The number of phenolic OH excluding ortho intramolecular Hbond substituents is 1. The summed E-state index contributed by atoms with van der Waals surface area (Å²) in [7, 11) is 0. The topological polar surface area (TPSA) is 207 Å². The zero-order chi connectivity index (χ0) is 31.0. The molecule has 3 amide bonds. The number of carboxylic acid groups (broad SMARTS) is 1. The number of amides is 3. The summed E-state index contributed by atoms with van der Waals surface area (Å²) >= 11 is 0. The SMILES string of the molecule is CCC(C)C(NC(=O)C(Cc1c[nH]c2ccccc12)NC(=O)C(N)C(C)O)C(=O)NC(Cc1ccc(O)cc1)C(=O)O. The molecule has 2 aromatic carbocycles. The van der Waals surface area contributed by atoms with Gasteiger partial charge in [-0.2, -0.15) is 0 Å². The number of aromatic amines is 1. The Balaban J connectivity index is 1.83. The van der Waals surface area contributed by atoms with Crippen molar-refractivity contribution in [3.05, 3.63) is 65.9 Å². The number of carbonyl (C=O) groups is 4. The predicted octanol–water partition coefficient (Wildman–Crippen LogP) is 0.952. The summed E-state index contributed by atoms with van der Waals surface area (Å²) in [6, 6.07) is 8.55. The van der Waals surface area contributed by atoms with Gasteiger partial charge in [-0.15, -0.1) is 0 Å². The van der Waals surface area contributed by atoms with Gasteiger partial charge in [0.1, 0.15) is 29.9 Å². The van der Waals surface area contributed by atoms with Crippen LogP contribution in [0.5, 0.6) is 5.75 Å². The highest BCUT2D eigenvalue weighted by molar-refractivity contribution is 5.95. The van der Waals surface area contributed by atoms with E-state index in [2.05, 4.69) is 20.9 Å². The number of phenols is 1. The van der Waals surface area contributed by atoms with Crippen molar-refractivity contribution in [2.24, 2.45) is 11.7 Å². The van der Waals surface area contributed by atoms with E-state index in [0.29, 0.717) is 12.0 Å². The number of aliphatic carboxylic acids is 1. The fourth-order valence-corrected chi connectivity index (χ4v) is 4.50. The number of nitrogens with one attached hydrogen (secondary N) is 4. The summed E-state index contributed by atoms with van der Waals surface area (Å²) in [5, 5.41) is 37.8. The molecule has 3 aromatic rings. The molecule has 0 aliphatic carbocycles. The van der Waals surface area contributed by atoms with Gasteiger partial charge in [0.05, 0.1) is 6.10 Å². The number of hydrogen-bond acceptors (Lipinski definition) is 7. The van der Waals surface area contributed by atoms with Crippen LogP contribution in [0.25, 0.3) is 10.9 Å². The lowest BCUT2D eigenvalue weighted by atomic mass is 9.96. The number of nitrogens with two attached hydrogens (primary N) is 1. The normalized spacial score (nSPS) is 15.5. The van der Waals surface area contributed by atoms with Crippen molar-refractivity contribution in [1.82, 2.24) is 20.9 Å². The summed E-state index contributed by atoms with van der Waals surface area (Å²) in [6.07, 6.45) is 1.06. The van der Waals surface area contributed by atoms with Gasteiger partial charge in [-0.1, -0.05) is 50.6 Å². The number of benzene rings is 2. The van der Waals surface area contributed by atoms with E-state index in [4.69, 9.17) is 5.73 Å². The zero-order valence-electron chi connectivity index (χ0n) is 23.8. The van der Waals surface area contributed by atoms with E-state index >= 15 is 0 Å². The highest BCUT2D eigenvalue weighted by Crippen LogP contribution is 2.20. The molecule has 0 saturated carbocycles. The molecule has 0 saturated heterocycles. The van der Waals surface area contributed by atoms with Crippen molar-refractivity contribution in [2.45, 2.75) is 70.3 Å². The highest BCUT2D eigenvalue weighted by Gasteiger charge is 2.33. The van der Waals surface area contributed by atoms with Crippen LogP contribution in [0.4, 0.5) is 0 Å². The Morgan fingerprint density at radius 2 is 1.52 bits per heavy atom. The molecule has 1 aromatic heterocycles. The molecule has 6 unspecified atom stereocenters. The fraction of sp³-hybridized carbons (Fsp3) is 0.400. The molecule has 12 nitrogen and oxygen atoms in total. The average molecular weight is 582 g/mol. The standard InChI is InChI=1S/C30H39N5O7/c1-4-16(2)26(29(40)34-24(30(41)42)13-18-9-11-20(37)12-10-18)35-27(38)23(33-28(39)25(31)17(3)36)14-19-15-32-22-8-6-5-7-21(19)22/h5-12,15-17,23-26,32,36-37H,4,13-14,31H2,1-3H3,(H,33,39)(H,34,40)(H,35,38)(H,41,42). The van der Waals surface area contributed by atoms with Gasteiger partial charge in [-0.3, -0.25) is 14.4 Å². The van der Waals surface area contributed by atoms with Crippen LogP contribution in [0.1, 0.15) is 38.3 Å². The first-order valence-corrected chi connectivity index (χ1v) is 13.8. The number of para-hydroxylation sites is 1. The van der Waals surface area contributed by atoms with Crippen LogP contribution in [0.3, 0.4) is 0 Å². The first kappa shape index (κ1) is 32.1.